The Morgan fingerprint density at radius 2 is 1.70 bits per heavy atom. The van der Waals surface area contributed by atoms with E-state index in [1.165, 1.54) is 0 Å². The molecule has 0 unspecified atom stereocenters. The Bertz CT molecular complexity index is 1910. The maximum absolute atomic E-state index is 14.1. The minimum atomic E-state index is -0.606. The average Bonchev–Trinajstić information content (AvgIpc) is 3.47. The Morgan fingerprint density at radius 3 is 2.33 bits per heavy atom. The quantitative estimate of drug-likeness (QED) is 0.236. The predicted octanol–water partition coefficient (Wildman–Crippen LogP) is 3.28. The van der Waals surface area contributed by atoms with Crippen molar-refractivity contribution in [3.8, 4) is 34.0 Å². The van der Waals surface area contributed by atoms with Gasteiger partial charge in [-0.2, -0.15) is 0 Å². The van der Waals surface area contributed by atoms with Gasteiger partial charge in [0.2, 0.25) is 0 Å². The third-order valence-electron chi connectivity index (χ3n) is 8.59. The van der Waals surface area contributed by atoms with Crippen LogP contribution in [-0.2, 0) is 12.8 Å². The van der Waals surface area contributed by atoms with Crippen LogP contribution in [0.5, 0.6) is 5.75 Å². The molecule has 1 aliphatic carbocycles. The number of ether oxygens (including phenoxy) is 1. The smallest absolute Gasteiger partial charge is 1.00 e. The summed E-state index contributed by atoms with van der Waals surface area (Å²) in [6.45, 7) is 5.84. The average molecular weight is 647 g/mol. The molecule has 3 aromatic carbocycles. The summed E-state index contributed by atoms with van der Waals surface area (Å²) in [7, 11) is 0. The van der Waals surface area contributed by atoms with Gasteiger partial charge in [0.1, 0.15) is 11.6 Å². The zero-order valence-corrected chi connectivity index (χ0v) is 30.0. The molecule has 1 saturated carbocycles. The summed E-state index contributed by atoms with van der Waals surface area (Å²) in [4.78, 5) is 33.1. The van der Waals surface area contributed by atoms with Gasteiger partial charge >= 0.3 is 57.1 Å². The molecular formula is C36H39KN4O5. The number of aryl methyl sites for hydroxylation is 2. The normalized spacial score (nSPS) is 17.8. The Hall–Kier alpha value is -3.12. The van der Waals surface area contributed by atoms with Crippen LogP contribution in [0.25, 0.3) is 28.2 Å². The van der Waals surface area contributed by atoms with Crippen LogP contribution in [0.3, 0.4) is 0 Å². The van der Waals surface area contributed by atoms with Gasteiger partial charge in [-0.1, -0.05) is 67.0 Å². The van der Waals surface area contributed by atoms with Gasteiger partial charge in [0, 0.05) is 17.5 Å². The maximum atomic E-state index is 14.1. The van der Waals surface area contributed by atoms with E-state index in [-0.39, 0.29) is 64.5 Å². The van der Waals surface area contributed by atoms with Crippen molar-refractivity contribution in [2.75, 3.05) is 0 Å². The van der Waals surface area contributed by atoms with Crippen LogP contribution >= 0.6 is 0 Å². The van der Waals surface area contributed by atoms with Gasteiger partial charge in [-0.05, 0) is 86.9 Å². The van der Waals surface area contributed by atoms with Crippen LogP contribution in [0.4, 0.5) is 0 Å². The molecule has 2 heterocycles. The minimum Gasteiger partial charge on any atom is -1.00 e. The van der Waals surface area contributed by atoms with Crippen LogP contribution < -0.4 is 67.4 Å². The Balaban J connectivity index is 0.00000250. The first-order valence-corrected chi connectivity index (χ1v) is 15.6. The van der Waals surface area contributed by atoms with Crippen molar-refractivity contribution in [2.45, 2.75) is 77.4 Å². The number of benzene rings is 3. The molecular weight excluding hydrogens is 608 g/mol. The Labute approximate surface area is 312 Å². The van der Waals surface area contributed by atoms with Crippen molar-refractivity contribution in [3.63, 3.8) is 0 Å². The largest absolute Gasteiger partial charge is 1.00 e. The molecule has 6 rings (SSSR count). The van der Waals surface area contributed by atoms with Crippen molar-refractivity contribution in [1.29, 1.82) is 0 Å². The van der Waals surface area contributed by atoms with Crippen molar-refractivity contribution in [2.24, 2.45) is 0 Å². The van der Waals surface area contributed by atoms with Crippen molar-refractivity contribution in [1.82, 2.24) is 19.7 Å². The van der Waals surface area contributed by atoms with E-state index in [0.717, 1.165) is 71.5 Å². The molecule has 5 aromatic rings. The minimum absolute atomic E-state index is 0. The first kappa shape index (κ1) is 34.2. The fourth-order valence-corrected chi connectivity index (χ4v) is 6.13. The van der Waals surface area contributed by atoms with Gasteiger partial charge in [-0.15, -0.1) is 0 Å². The number of nitrogens with zero attached hydrogens (tertiary/aromatic N) is 3. The fraction of sp³-hybridized carbons (Fsp3) is 0.333. The second-order valence-electron chi connectivity index (χ2n) is 12.1. The van der Waals surface area contributed by atoms with Crippen LogP contribution in [-0.4, -0.2) is 36.5 Å². The number of hydrogen-bond acceptors (Lipinski definition) is 7. The van der Waals surface area contributed by atoms with Crippen molar-refractivity contribution < 1.29 is 67.2 Å². The molecule has 0 radical (unpaired) electrons. The Kier molecular flexibility index (Phi) is 11.0. The topological polar surface area (TPSA) is 123 Å². The van der Waals surface area contributed by atoms with E-state index >= 15 is 0 Å². The molecule has 0 amide bonds. The van der Waals surface area contributed by atoms with Gasteiger partial charge in [-0.3, -0.25) is 18.9 Å². The third-order valence-corrected chi connectivity index (χ3v) is 8.59. The molecule has 0 bridgehead atoms. The zero-order valence-electron chi connectivity index (χ0n) is 27.9. The number of aromatic nitrogens is 4. The van der Waals surface area contributed by atoms with Gasteiger partial charge in [0.05, 0.1) is 23.1 Å². The molecule has 0 spiro atoms. The van der Waals surface area contributed by atoms with Crippen molar-refractivity contribution >= 4 is 0 Å². The second-order valence-corrected chi connectivity index (χ2v) is 12.1. The molecule has 2 aromatic heterocycles. The summed E-state index contributed by atoms with van der Waals surface area (Å²) in [5.74, 6) is 1.17. The van der Waals surface area contributed by atoms with E-state index in [9.17, 15) is 14.7 Å². The molecule has 234 valence electrons. The van der Waals surface area contributed by atoms with Gasteiger partial charge in [0.15, 0.2) is 5.82 Å². The first-order valence-electron chi connectivity index (χ1n) is 15.6. The summed E-state index contributed by atoms with van der Waals surface area (Å²) in [5.41, 5.74) is 5.19. The second kappa shape index (κ2) is 14.7. The molecule has 1 aliphatic rings. The van der Waals surface area contributed by atoms with E-state index in [2.05, 4.69) is 17.1 Å². The summed E-state index contributed by atoms with van der Waals surface area (Å²) < 4.78 is 12.6. The summed E-state index contributed by atoms with van der Waals surface area (Å²) >= 11 is 0. The molecule has 2 N–H and O–H groups in total. The van der Waals surface area contributed by atoms with Crippen molar-refractivity contribution in [3.05, 3.63) is 116 Å². The van der Waals surface area contributed by atoms with Gasteiger partial charge < -0.3 is 11.3 Å². The van der Waals surface area contributed by atoms with Crippen LogP contribution in [0.1, 0.15) is 70.0 Å². The SMILES string of the molecule is CCCc1nc(C)n(-c2ccc(OC3CCC(C)(O)CC3)cc2)c(=O)c1Cc1ccc(-c2ccccc2-c2noc(=O)[nH]2)cc1.[H-].[K+]. The number of hydrogen-bond donors (Lipinski definition) is 2. The van der Waals surface area contributed by atoms with Gasteiger partial charge in [-0.25, -0.2) is 9.78 Å². The van der Waals surface area contributed by atoms with Crippen LogP contribution in [0, 0.1) is 6.92 Å². The zero-order chi connectivity index (χ0) is 31.6. The van der Waals surface area contributed by atoms with Crippen LogP contribution in [0.15, 0.2) is 86.9 Å². The summed E-state index contributed by atoms with van der Waals surface area (Å²) in [6.07, 6.45) is 5.21. The number of rotatable bonds is 9. The first-order chi connectivity index (χ1) is 21.7. The summed E-state index contributed by atoms with van der Waals surface area (Å²) in [6, 6.07) is 23.3. The van der Waals surface area contributed by atoms with E-state index in [1.807, 2.05) is 86.6 Å². The number of nitrogens with one attached hydrogen (secondary N) is 1. The number of H-pyrrole nitrogens is 1. The Morgan fingerprint density at radius 1 is 1.02 bits per heavy atom. The fourth-order valence-electron chi connectivity index (χ4n) is 6.13. The van der Waals surface area contributed by atoms with E-state index < -0.39 is 11.4 Å². The maximum Gasteiger partial charge on any atom is 1.00 e. The third kappa shape index (κ3) is 7.70. The predicted molar refractivity (Wildman–Crippen MR) is 174 cm³/mol. The van der Waals surface area contributed by atoms with E-state index in [1.54, 1.807) is 4.57 Å². The summed E-state index contributed by atoms with van der Waals surface area (Å²) in [5, 5.41) is 14.1. The molecule has 46 heavy (non-hydrogen) atoms. The molecule has 10 heteroatoms. The molecule has 9 nitrogen and oxygen atoms in total. The van der Waals surface area contributed by atoms with E-state index in [0.29, 0.717) is 30.1 Å². The molecule has 0 aliphatic heterocycles. The molecule has 1 fully saturated rings. The van der Waals surface area contributed by atoms with Gasteiger partial charge in [0.25, 0.3) is 5.56 Å². The standard InChI is InChI=1S/C36H38N4O5.K.H/c1-4-7-32-31(22-24-10-12-25(13-11-24)29-8-5-6-9-30(29)33-38-35(42)45-39-33)34(41)40(23(2)37-32)26-14-16-27(17-15-26)44-28-18-20-36(3,43)21-19-28;;/h5-6,8-17,28,43H,4,7,18-22H2,1-3H3,(H,38,39,42);;/q;+1;-1. The molecule has 0 atom stereocenters. The van der Waals surface area contributed by atoms with Crippen LogP contribution in [0.2, 0.25) is 0 Å². The monoisotopic (exact) mass is 646 g/mol. The number of aromatic amines is 1. The molecule has 0 saturated heterocycles. The van der Waals surface area contributed by atoms with E-state index in [4.69, 9.17) is 14.2 Å². The number of aliphatic hydroxyl groups is 1.